The van der Waals surface area contributed by atoms with Crippen LogP contribution in [0.2, 0.25) is 0 Å². The number of rotatable bonds is 4. The van der Waals surface area contributed by atoms with Crippen molar-refractivity contribution in [2.45, 2.75) is 27.7 Å². The van der Waals surface area contributed by atoms with E-state index in [-0.39, 0.29) is 16.2 Å². The summed E-state index contributed by atoms with van der Waals surface area (Å²) in [5, 5.41) is 0. The van der Waals surface area contributed by atoms with Gasteiger partial charge < -0.3 is 54.3 Å². The van der Waals surface area contributed by atoms with Crippen molar-refractivity contribution in [1.82, 2.24) is 0 Å². The van der Waals surface area contributed by atoms with Gasteiger partial charge in [0.25, 0.3) is 0 Å². The summed E-state index contributed by atoms with van der Waals surface area (Å²) in [5.41, 5.74) is 0.101. The highest BCUT2D eigenvalue weighted by molar-refractivity contribution is 7.42. The van der Waals surface area contributed by atoms with Crippen molar-refractivity contribution in [1.29, 1.82) is 0 Å². The van der Waals surface area contributed by atoms with Crippen molar-refractivity contribution in [3.8, 4) is 0 Å². The molecule has 35 heavy (non-hydrogen) atoms. The third-order valence-corrected chi connectivity index (χ3v) is 8.66. The van der Waals surface area contributed by atoms with Crippen LogP contribution in [0.5, 0.6) is 0 Å². The molecule has 4 aliphatic rings. The highest BCUT2D eigenvalue weighted by Gasteiger charge is 2.43. The van der Waals surface area contributed by atoms with Crippen LogP contribution in [-0.2, 0) is 54.3 Å². The topological polar surface area (TPSA) is 111 Å². The smallest absolute Gasteiger partial charge is 0.316 e. The van der Waals surface area contributed by atoms with Crippen molar-refractivity contribution < 1.29 is 54.3 Å². The molecular weight excluding hydrogens is 544 g/mol. The molecule has 12 nitrogen and oxygen atoms in total. The molecular formula is C19H40O12P4. The Hall–Kier alpha value is 1.24. The Morgan fingerprint density at radius 2 is 0.600 bits per heavy atom. The summed E-state index contributed by atoms with van der Waals surface area (Å²) in [6, 6.07) is 0. The van der Waals surface area contributed by atoms with E-state index in [1.54, 1.807) is 28.4 Å². The fourth-order valence-electron chi connectivity index (χ4n) is 2.57. The Morgan fingerprint density at radius 1 is 0.400 bits per heavy atom. The number of hydrogen-bond acceptors (Lipinski definition) is 12. The van der Waals surface area contributed by atoms with Gasteiger partial charge in [-0.05, 0) is 0 Å². The Kier molecular flexibility index (Phi) is 14.6. The van der Waals surface area contributed by atoms with Gasteiger partial charge >= 0.3 is 34.4 Å². The maximum atomic E-state index is 5.42. The van der Waals surface area contributed by atoms with Crippen LogP contribution in [0.15, 0.2) is 0 Å². The Morgan fingerprint density at radius 3 is 0.800 bits per heavy atom. The van der Waals surface area contributed by atoms with Gasteiger partial charge in [0.05, 0.1) is 58.3 Å². The molecule has 4 aliphatic heterocycles. The first-order valence-corrected chi connectivity index (χ1v) is 15.3. The maximum absolute atomic E-state index is 5.42. The molecule has 0 radical (unpaired) electrons. The molecule has 0 amide bonds. The molecule has 0 aliphatic carbocycles. The summed E-state index contributed by atoms with van der Waals surface area (Å²) in [5.74, 6) is 0. The minimum absolute atomic E-state index is 0.150. The van der Waals surface area contributed by atoms with E-state index in [0.717, 1.165) is 26.4 Å². The van der Waals surface area contributed by atoms with E-state index in [1.165, 1.54) is 0 Å². The lowest BCUT2D eigenvalue weighted by atomic mass is 9.93. The van der Waals surface area contributed by atoms with E-state index in [2.05, 4.69) is 27.7 Å². The summed E-state index contributed by atoms with van der Waals surface area (Å²) in [6.45, 7) is 13.5. The molecule has 4 saturated heterocycles. The van der Waals surface area contributed by atoms with Crippen LogP contribution in [-0.4, -0.2) is 81.3 Å². The lowest BCUT2D eigenvalue weighted by Crippen LogP contribution is -2.44. The van der Waals surface area contributed by atoms with Gasteiger partial charge in [-0.2, -0.15) is 0 Å². The van der Waals surface area contributed by atoms with E-state index < -0.39 is 34.4 Å². The average molecular weight is 584 g/mol. The van der Waals surface area contributed by atoms with Gasteiger partial charge in [-0.1, -0.05) is 27.7 Å². The van der Waals surface area contributed by atoms with Gasteiger partial charge in [-0.3, -0.25) is 0 Å². The van der Waals surface area contributed by atoms with Crippen molar-refractivity contribution in [2.75, 3.05) is 81.3 Å². The van der Waals surface area contributed by atoms with Crippen LogP contribution < -0.4 is 0 Å². The molecule has 4 rings (SSSR count). The first kappa shape index (κ1) is 32.5. The molecule has 16 heteroatoms. The monoisotopic (exact) mass is 584 g/mol. The zero-order chi connectivity index (χ0) is 26.0. The van der Waals surface area contributed by atoms with Gasteiger partial charge in [-0.25, -0.2) is 0 Å². The highest BCUT2D eigenvalue weighted by atomic mass is 31.2. The Labute approximate surface area is 214 Å². The normalized spacial score (nSPS) is 33.3. The second-order valence-electron chi connectivity index (χ2n) is 9.64. The standard InChI is InChI=1S/C7H14O6P2.2C6H13O3P/c1-8-14-10-3-7(4-11-14)5-12-15(9-2)13-6-7;2*1-6(2)4-8-10(7-3)9-5-6/h3-6H2,1-2H3;2*4-5H2,1-3H3. The second-order valence-corrected chi connectivity index (χ2v) is 15.0. The van der Waals surface area contributed by atoms with E-state index in [0.29, 0.717) is 26.4 Å². The molecule has 4 heterocycles. The minimum atomic E-state index is -1.17. The fraction of sp³-hybridized carbons (Fsp3) is 1.00. The van der Waals surface area contributed by atoms with Crippen LogP contribution in [0.3, 0.4) is 0 Å². The zero-order valence-corrected chi connectivity index (χ0v) is 25.4. The quantitative estimate of drug-likeness (QED) is 0.379. The molecule has 0 atom stereocenters. The predicted octanol–water partition coefficient (Wildman–Crippen LogP) is 5.68. The molecule has 0 saturated carbocycles. The molecule has 1 spiro atoms. The van der Waals surface area contributed by atoms with Crippen LogP contribution >= 0.6 is 34.4 Å². The Bertz CT molecular complexity index is 513. The molecule has 208 valence electrons. The summed E-state index contributed by atoms with van der Waals surface area (Å²) < 4.78 is 62.5. The molecule has 0 bridgehead atoms. The Balaban J connectivity index is 0.000000192. The number of hydrogen-bond donors (Lipinski definition) is 0. The zero-order valence-electron chi connectivity index (χ0n) is 21.8. The van der Waals surface area contributed by atoms with Crippen molar-refractivity contribution in [3.05, 3.63) is 0 Å². The minimum Gasteiger partial charge on any atom is -0.316 e. The van der Waals surface area contributed by atoms with Gasteiger partial charge in [0.2, 0.25) is 0 Å². The SMILES string of the molecule is COP1OCC(C)(C)CO1.COP1OCC(C)(C)CO1.COP1OCC2(CO1)COP(OC)OC2. The van der Waals surface area contributed by atoms with Crippen LogP contribution in [0, 0.1) is 16.2 Å². The fourth-order valence-corrected chi connectivity index (χ4v) is 7.05. The second kappa shape index (κ2) is 15.7. The predicted molar refractivity (Wildman–Crippen MR) is 133 cm³/mol. The van der Waals surface area contributed by atoms with Gasteiger partial charge in [0, 0.05) is 39.3 Å². The molecule has 0 aromatic heterocycles. The lowest BCUT2D eigenvalue weighted by Gasteiger charge is -2.41. The summed E-state index contributed by atoms with van der Waals surface area (Å²) in [4.78, 5) is 0. The lowest BCUT2D eigenvalue weighted by molar-refractivity contribution is -0.0729. The van der Waals surface area contributed by atoms with E-state index in [4.69, 9.17) is 54.3 Å². The third kappa shape index (κ3) is 11.9. The van der Waals surface area contributed by atoms with E-state index in [9.17, 15) is 0 Å². The summed E-state index contributed by atoms with van der Waals surface area (Å²) in [6.07, 6.45) is 0. The highest BCUT2D eigenvalue weighted by Crippen LogP contribution is 2.52. The van der Waals surface area contributed by atoms with Gasteiger partial charge in [0.1, 0.15) is 0 Å². The van der Waals surface area contributed by atoms with Crippen molar-refractivity contribution in [2.24, 2.45) is 16.2 Å². The first-order valence-electron chi connectivity index (χ1n) is 11.0. The van der Waals surface area contributed by atoms with Crippen LogP contribution in [0.4, 0.5) is 0 Å². The molecule has 0 unspecified atom stereocenters. The molecule has 0 aromatic carbocycles. The van der Waals surface area contributed by atoms with Gasteiger partial charge in [0.15, 0.2) is 0 Å². The van der Waals surface area contributed by atoms with E-state index in [1.807, 2.05) is 0 Å². The van der Waals surface area contributed by atoms with Crippen LogP contribution in [0.1, 0.15) is 27.7 Å². The molecule has 4 fully saturated rings. The molecule has 0 N–H and O–H groups in total. The average Bonchev–Trinajstić information content (AvgIpc) is 2.86. The van der Waals surface area contributed by atoms with E-state index >= 15 is 0 Å². The van der Waals surface area contributed by atoms with Crippen molar-refractivity contribution in [3.63, 3.8) is 0 Å². The summed E-state index contributed by atoms with van der Waals surface area (Å²) >= 11 is 0. The van der Waals surface area contributed by atoms with Crippen LogP contribution in [0.25, 0.3) is 0 Å². The van der Waals surface area contributed by atoms with Gasteiger partial charge in [-0.15, -0.1) is 0 Å². The molecule has 0 aromatic rings. The van der Waals surface area contributed by atoms with Crippen molar-refractivity contribution >= 4 is 34.4 Å². The third-order valence-electron chi connectivity index (χ3n) is 4.74. The first-order chi connectivity index (χ1) is 16.6. The summed E-state index contributed by atoms with van der Waals surface area (Å²) in [7, 11) is 1.94. The maximum Gasteiger partial charge on any atom is 0.332 e. The largest absolute Gasteiger partial charge is 0.332 e.